The van der Waals surface area contributed by atoms with Crippen molar-refractivity contribution in [2.45, 2.75) is 13.5 Å². The predicted molar refractivity (Wildman–Crippen MR) is 67.8 cm³/mol. The lowest BCUT2D eigenvalue weighted by molar-refractivity contribution is 0.272. The van der Waals surface area contributed by atoms with Gasteiger partial charge in [0.2, 0.25) is 5.88 Å². The van der Waals surface area contributed by atoms with Crippen LogP contribution in [-0.2, 0) is 6.54 Å². The van der Waals surface area contributed by atoms with E-state index in [0.717, 1.165) is 12.1 Å². The molecular weight excluding hydrogens is 212 g/mol. The van der Waals surface area contributed by atoms with Gasteiger partial charge in [-0.2, -0.15) is 0 Å². The van der Waals surface area contributed by atoms with E-state index < -0.39 is 0 Å². The van der Waals surface area contributed by atoms with Gasteiger partial charge in [0.1, 0.15) is 6.73 Å². The molecule has 3 heteroatoms. The number of nitrogens with one attached hydrogen (secondary N) is 1. The Kier molecular flexibility index (Phi) is 4.11. The summed E-state index contributed by atoms with van der Waals surface area (Å²) in [5.74, 6) is 0.649. The largest absolute Gasteiger partial charge is 0.462 e. The van der Waals surface area contributed by atoms with Crippen molar-refractivity contribution in [2.24, 2.45) is 0 Å². The molecule has 1 aromatic heterocycles. The van der Waals surface area contributed by atoms with Crippen LogP contribution in [0, 0.1) is 6.92 Å². The van der Waals surface area contributed by atoms with Crippen molar-refractivity contribution in [1.82, 2.24) is 10.3 Å². The van der Waals surface area contributed by atoms with Gasteiger partial charge in [0, 0.05) is 18.8 Å². The molecule has 0 spiro atoms. The zero-order valence-electron chi connectivity index (χ0n) is 9.89. The van der Waals surface area contributed by atoms with E-state index in [1.165, 1.54) is 5.56 Å². The van der Waals surface area contributed by atoms with Crippen molar-refractivity contribution in [3.63, 3.8) is 0 Å². The van der Waals surface area contributed by atoms with Gasteiger partial charge in [-0.3, -0.25) is 5.32 Å². The number of aromatic nitrogens is 1. The van der Waals surface area contributed by atoms with Crippen LogP contribution in [0.25, 0.3) is 0 Å². The molecule has 0 atom stereocenters. The first-order valence-electron chi connectivity index (χ1n) is 5.65. The molecule has 0 aliphatic rings. The smallest absolute Gasteiger partial charge is 0.214 e. The van der Waals surface area contributed by atoms with Gasteiger partial charge < -0.3 is 4.74 Å². The maximum Gasteiger partial charge on any atom is 0.214 e. The van der Waals surface area contributed by atoms with Crippen LogP contribution in [0.4, 0.5) is 0 Å². The molecule has 0 radical (unpaired) electrons. The summed E-state index contributed by atoms with van der Waals surface area (Å²) in [7, 11) is 0. The molecule has 0 fully saturated rings. The number of rotatable bonds is 5. The Morgan fingerprint density at radius 2 is 1.94 bits per heavy atom. The van der Waals surface area contributed by atoms with Gasteiger partial charge in [-0.1, -0.05) is 36.4 Å². The normalized spacial score (nSPS) is 10.2. The van der Waals surface area contributed by atoms with E-state index in [0.29, 0.717) is 12.6 Å². The van der Waals surface area contributed by atoms with E-state index >= 15 is 0 Å². The Morgan fingerprint density at radius 1 is 1.12 bits per heavy atom. The number of hydrogen-bond acceptors (Lipinski definition) is 3. The third-order valence-corrected chi connectivity index (χ3v) is 2.38. The fourth-order valence-electron chi connectivity index (χ4n) is 1.46. The van der Waals surface area contributed by atoms with Crippen LogP contribution in [0.15, 0.2) is 48.7 Å². The van der Waals surface area contributed by atoms with Crippen molar-refractivity contribution < 1.29 is 4.74 Å². The monoisotopic (exact) mass is 228 g/mol. The van der Waals surface area contributed by atoms with Crippen molar-refractivity contribution in [3.8, 4) is 5.88 Å². The SMILES string of the molecule is Cc1ccc(OCNCc2ccccc2)nc1. The molecule has 0 bridgehead atoms. The number of hydrogen-bond donors (Lipinski definition) is 1. The van der Waals surface area contributed by atoms with Crippen molar-refractivity contribution in [1.29, 1.82) is 0 Å². The van der Waals surface area contributed by atoms with Gasteiger partial charge >= 0.3 is 0 Å². The standard InChI is InChI=1S/C14H16N2O/c1-12-7-8-14(16-9-12)17-11-15-10-13-5-3-2-4-6-13/h2-9,15H,10-11H2,1H3. The summed E-state index contributed by atoms with van der Waals surface area (Å²) in [4.78, 5) is 4.16. The Hall–Kier alpha value is -1.87. The highest BCUT2D eigenvalue weighted by atomic mass is 16.5. The lowest BCUT2D eigenvalue weighted by Gasteiger charge is -2.07. The van der Waals surface area contributed by atoms with E-state index in [1.54, 1.807) is 6.20 Å². The second-order valence-electron chi connectivity index (χ2n) is 3.87. The van der Waals surface area contributed by atoms with Gasteiger partial charge in [0.05, 0.1) is 0 Å². The lowest BCUT2D eigenvalue weighted by Crippen LogP contribution is -2.19. The first-order valence-corrected chi connectivity index (χ1v) is 5.65. The van der Waals surface area contributed by atoms with Crippen LogP contribution in [0.3, 0.4) is 0 Å². The molecular formula is C14H16N2O. The van der Waals surface area contributed by atoms with Gasteiger partial charge in [0.15, 0.2) is 0 Å². The highest BCUT2D eigenvalue weighted by Gasteiger charge is 1.94. The number of nitrogens with zero attached hydrogens (tertiary/aromatic N) is 1. The minimum atomic E-state index is 0.463. The zero-order chi connectivity index (χ0) is 11.9. The van der Waals surface area contributed by atoms with Crippen molar-refractivity contribution in [3.05, 3.63) is 59.8 Å². The highest BCUT2D eigenvalue weighted by molar-refractivity contribution is 5.16. The quantitative estimate of drug-likeness (QED) is 0.630. The second-order valence-corrected chi connectivity index (χ2v) is 3.87. The molecule has 1 aromatic carbocycles. The molecule has 0 aliphatic heterocycles. The molecule has 0 saturated carbocycles. The predicted octanol–water partition coefficient (Wildman–Crippen LogP) is 2.52. The number of benzene rings is 1. The van der Waals surface area contributed by atoms with Gasteiger partial charge in [-0.15, -0.1) is 0 Å². The number of pyridine rings is 1. The van der Waals surface area contributed by atoms with Crippen molar-refractivity contribution in [2.75, 3.05) is 6.73 Å². The van der Waals surface area contributed by atoms with E-state index in [1.807, 2.05) is 37.3 Å². The molecule has 17 heavy (non-hydrogen) atoms. The molecule has 1 N–H and O–H groups in total. The van der Waals surface area contributed by atoms with Gasteiger partial charge in [0.25, 0.3) is 0 Å². The fraction of sp³-hybridized carbons (Fsp3) is 0.214. The molecule has 2 aromatic rings. The van der Waals surface area contributed by atoms with Crippen LogP contribution in [0.1, 0.15) is 11.1 Å². The maximum atomic E-state index is 5.46. The maximum absolute atomic E-state index is 5.46. The average Bonchev–Trinajstić information content (AvgIpc) is 2.38. The summed E-state index contributed by atoms with van der Waals surface area (Å²) in [6.45, 7) is 3.27. The van der Waals surface area contributed by atoms with E-state index in [-0.39, 0.29) is 0 Å². The number of aryl methyl sites for hydroxylation is 1. The fourth-order valence-corrected chi connectivity index (χ4v) is 1.46. The van der Waals surface area contributed by atoms with E-state index in [4.69, 9.17) is 4.74 Å². The Labute approximate surface area is 101 Å². The number of ether oxygens (including phenoxy) is 1. The summed E-state index contributed by atoms with van der Waals surface area (Å²) in [6, 6.07) is 14.1. The first-order chi connectivity index (χ1) is 8.34. The minimum Gasteiger partial charge on any atom is -0.462 e. The second kappa shape index (κ2) is 6.01. The van der Waals surface area contributed by atoms with Crippen molar-refractivity contribution >= 4 is 0 Å². The summed E-state index contributed by atoms with van der Waals surface area (Å²) in [6.07, 6.45) is 1.80. The average molecular weight is 228 g/mol. The molecule has 3 nitrogen and oxygen atoms in total. The summed E-state index contributed by atoms with van der Waals surface area (Å²) in [5.41, 5.74) is 2.38. The van der Waals surface area contributed by atoms with Crippen LogP contribution >= 0.6 is 0 Å². The van der Waals surface area contributed by atoms with Gasteiger partial charge in [-0.25, -0.2) is 4.98 Å². The zero-order valence-corrected chi connectivity index (χ0v) is 9.89. The Balaban J connectivity index is 1.71. The molecule has 0 amide bonds. The van der Waals surface area contributed by atoms with Crippen LogP contribution in [-0.4, -0.2) is 11.7 Å². The third kappa shape index (κ3) is 3.89. The Morgan fingerprint density at radius 3 is 2.65 bits per heavy atom. The highest BCUT2D eigenvalue weighted by Crippen LogP contribution is 2.05. The lowest BCUT2D eigenvalue weighted by atomic mass is 10.2. The molecule has 2 rings (SSSR count). The van der Waals surface area contributed by atoms with E-state index in [9.17, 15) is 0 Å². The molecule has 88 valence electrons. The molecule has 0 saturated heterocycles. The third-order valence-electron chi connectivity index (χ3n) is 2.38. The molecule has 1 heterocycles. The molecule has 0 aliphatic carbocycles. The van der Waals surface area contributed by atoms with E-state index in [2.05, 4.69) is 22.4 Å². The summed E-state index contributed by atoms with van der Waals surface area (Å²) in [5, 5.41) is 3.20. The summed E-state index contributed by atoms with van der Waals surface area (Å²) >= 11 is 0. The summed E-state index contributed by atoms with van der Waals surface area (Å²) < 4.78 is 5.46. The topological polar surface area (TPSA) is 34.1 Å². The Bertz CT molecular complexity index is 440. The van der Waals surface area contributed by atoms with Crippen LogP contribution in [0.5, 0.6) is 5.88 Å². The molecule has 0 unspecified atom stereocenters. The van der Waals surface area contributed by atoms with Gasteiger partial charge in [-0.05, 0) is 18.1 Å². The van der Waals surface area contributed by atoms with Crippen LogP contribution in [0.2, 0.25) is 0 Å². The van der Waals surface area contributed by atoms with Crippen LogP contribution < -0.4 is 10.1 Å². The minimum absolute atomic E-state index is 0.463. The first kappa shape index (κ1) is 11.6.